The molecule has 5 nitrogen and oxygen atoms in total. The van der Waals surface area contributed by atoms with Crippen LogP contribution >= 0.6 is 11.6 Å². The summed E-state index contributed by atoms with van der Waals surface area (Å²) in [7, 11) is 0. The van der Waals surface area contributed by atoms with Crippen molar-refractivity contribution in [1.82, 2.24) is 0 Å². The van der Waals surface area contributed by atoms with Crippen molar-refractivity contribution in [3.8, 4) is 11.5 Å². The first kappa shape index (κ1) is 26.2. The lowest BCUT2D eigenvalue weighted by molar-refractivity contribution is -0.137. The summed E-state index contributed by atoms with van der Waals surface area (Å²) >= 11 is 5.96. The summed E-state index contributed by atoms with van der Waals surface area (Å²) in [4.78, 5) is 14.9. The van der Waals surface area contributed by atoms with Crippen molar-refractivity contribution in [2.45, 2.75) is 26.4 Å². The largest absolute Gasteiger partial charge is 0.507 e. The minimum Gasteiger partial charge on any atom is -0.507 e. The third-order valence-corrected chi connectivity index (χ3v) is 5.68. The molecule has 0 aromatic heterocycles. The molecule has 0 aliphatic heterocycles. The maximum absolute atomic E-state index is 13.0. The highest BCUT2D eigenvalue weighted by Gasteiger charge is 2.30. The topological polar surface area (TPSA) is 61.8 Å². The minimum absolute atomic E-state index is 0.000218. The molecule has 0 aliphatic rings. The molecular formula is C26H26ClF3N2O3. The number of alkyl halides is 3. The van der Waals surface area contributed by atoms with Gasteiger partial charge in [-0.2, -0.15) is 13.2 Å². The first-order valence-corrected chi connectivity index (χ1v) is 11.5. The summed E-state index contributed by atoms with van der Waals surface area (Å²) in [5, 5.41) is 13.1. The van der Waals surface area contributed by atoms with Crippen molar-refractivity contribution in [2.75, 3.05) is 29.9 Å². The Morgan fingerprint density at radius 1 is 1.06 bits per heavy atom. The van der Waals surface area contributed by atoms with E-state index in [-0.39, 0.29) is 24.3 Å². The molecule has 0 saturated heterocycles. The summed E-state index contributed by atoms with van der Waals surface area (Å²) in [5.74, 6) is -0.446. The Labute approximate surface area is 207 Å². The lowest BCUT2D eigenvalue weighted by Gasteiger charge is -2.23. The Bertz CT molecular complexity index is 1180. The van der Waals surface area contributed by atoms with E-state index in [1.807, 2.05) is 19.9 Å². The highest BCUT2D eigenvalue weighted by atomic mass is 35.5. The number of phenols is 1. The molecule has 0 unspecified atom stereocenters. The van der Waals surface area contributed by atoms with Gasteiger partial charge < -0.3 is 20.1 Å². The van der Waals surface area contributed by atoms with Crippen LogP contribution in [0.5, 0.6) is 11.5 Å². The van der Waals surface area contributed by atoms with Crippen molar-refractivity contribution < 1.29 is 27.8 Å². The van der Waals surface area contributed by atoms with Crippen LogP contribution in [0.4, 0.5) is 24.5 Å². The van der Waals surface area contributed by atoms with Crippen molar-refractivity contribution in [1.29, 1.82) is 0 Å². The fourth-order valence-electron chi connectivity index (χ4n) is 3.58. The average Bonchev–Trinajstić information content (AvgIpc) is 2.82. The van der Waals surface area contributed by atoms with Crippen LogP contribution in [0.15, 0.2) is 60.7 Å². The number of halogens is 4. The van der Waals surface area contributed by atoms with E-state index < -0.39 is 17.6 Å². The fraction of sp³-hybridized carbons (Fsp3) is 0.269. The van der Waals surface area contributed by atoms with Gasteiger partial charge in [0.15, 0.2) is 0 Å². The number of ether oxygens (including phenoxy) is 1. The second kappa shape index (κ2) is 11.4. The Morgan fingerprint density at radius 2 is 1.80 bits per heavy atom. The molecule has 0 bridgehead atoms. The maximum Gasteiger partial charge on any atom is 0.416 e. The molecule has 35 heavy (non-hydrogen) atoms. The molecule has 0 aliphatic carbocycles. The molecule has 9 heteroatoms. The van der Waals surface area contributed by atoms with Gasteiger partial charge in [0.25, 0.3) is 5.91 Å². The van der Waals surface area contributed by atoms with Gasteiger partial charge in [-0.15, -0.1) is 0 Å². The first-order chi connectivity index (χ1) is 16.6. The Hall–Kier alpha value is -3.39. The third kappa shape index (κ3) is 6.82. The molecule has 0 atom stereocenters. The monoisotopic (exact) mass is 506 g/mol. The zero-order valence-corrected chi connectivity index (χ0v) is 20.1. The van der Waals surface area contributed by atoms with Crippen LogP contribution in [0.25, 0.3) is 0 Å². The fourth-order valence-corrected chi connectivity index (χ4v) is 3.75. The van der Waals surface area contributed by atoms with Crippen LogP contribution in [0, 0.1) is 0 Å². The Kier molecular flexibility index (Phi) is 8.51. The summed E-state index contributed by atoms with van der Waals surface area (Å²) in [5.41, 5.74) is 0.990. The molecule has 3 aromatic carbocycles. The van der Waals surface area contributed by atoms with E-state index in [4.69, 9.17) is 16.3 Å². The van der Waals surface area contributed by atoms with Crippen LogP contribution in [-0.4, -0.2) is 30.7 Å². The quantitative estimate of drug-likeness (QED) is 0.335. The number of hydrogen-bond acceptors (Lipinski definition) is 4. The van der Waals surface area contributed by atoms with Crippen LogP contribution in [0.3, 0.4) is 0 Å². The molecule has 0 radical (unpaired) electrons. The van der Waals surface area contributed by atoms with Gasteiger partial charge in [0, 0.05) is 36.3 Å². The molecule has 3 aromatic rings. The average molecular weight is 507 g/mol. The summed E-state index contributed by atoms with van der Waals surface area (Å²) in [6, 6.07) is 14.5. The molecule has 1 amide bonds. The first-order valence-electron chi connectivity index (χ1n) is 11.1. The van der Waals surface area contributed by atoms with Gasteiger partial charge in [-0.25, -0.2) is 0 Å². The number of amides is 1. The van der Waals surface area contributed by atoms with Gasteiger partial charge >= 0.3 is 6.18 Å². The second-order valence-electron chi connectivity index (χ2n) is 7.76. The third-order valence-electron chi connectivity index (χ3n) is 5.45. The number of nitrogens with one attached hydrogen (secondary N) is 1. The molecule has 0 heterocycles. The van der Waals surface area contributed by atoms with Gasteiger partial charge in [0.2, 0.25) is 0 Å². The van der Waals surface area contributed by atoms with E-state index in [0.717, 1.165) is 30.9 Å². The van der Waals surface area contributed by atoms with Crippen molar-refractivity contribution >= 4 is 28.9 Å². The summed E-state index contributed by atoms with van der Waals surface area (Å²) < 4.78 is 44.9. The predicted molar refractivity (Wildman–Crippen MR) is 132 cm³/mol. The Morgan fingerprint density at radius 3 is 2.49 bits per heavy atom. The van der Waals surface area contributed by atoms with Crippen LogP contribution in [-0.2, 0) is 12.6 Å². The van der Waals surface area contributed by atoms with Gasteiger partial charge in [-0.3, -0.25) is 4.79 Å². The Balaban J connectivity index is 1.83. The second-order valence-corrected chi connectivity index (χ2v) is 8.20. The van der Waals surface area contributed by atoms with E-state index in [0.29, 0.717) is 22.0 Å². The van der Waals surface area contributed by atoms with Crippen molar-refractivity contribution in [3.05, 3.63) is 82.4 Å². The van der Waals surface area contributed by atoms with E-state index in [9.17, 15) is 23.1 Å². The van der Waals surface area contributed by atoms with Crippen LogP contribution in [0.2, 0.25) is 5.02 Å². The van der Waals surface area contributed by atoms with E-state index in [1.165, 1.54) is 24.3 Å². The number of nitrogens with zero attached hydrogens (tertiary/aromatic N) is 1. The van der Waals surface area contributed by atoms with Crippen LogP contribution < -0.4 is 15.0 Å². The SMILES string of the molecule is CCN(CC)c1ccc(NC(=O)c2cc(Cl)ccc2O)c(OCCc2cccc(C(F)(F)F)c2)c1. The summed E-state index contributed by atoms with van der Waals surface area (Å²) in [6.45, 7) is 5.61. The molecule has 0 fully saturated rings. The maximum atomic E-state index is 13.0. The molecule has 0 spiro atoms. The number of anilines is 2. The summed E-state index contributed by atoms with van der Waals surface area (Å²) in [6.07, 6.45) is -4.18. The van der Waals surface area contributed by atoms with E-state index in [1.54, 1.807) is 18.2 Å². The standard InChI is InChI=1S/C26H26ClF3N2O3/c1-3-32(4-2)20-9-10-22(31-25(34)21-15-19(27)8-11-23(21)33)24(16-20)35-13-12-17-6-5-7-18(14-17)26(28,29)30/h5-11,14-16,33H,3-4,12-13H2,1-2H3,(H,31,34). The molecule has 3 rings (SSSR count). The van der Waals surface area contributed by atoms with E-state index in [2.05, 4.69) is 10.2 Å². The van der Waals surface area contributed by atoms with Crippen LogP contribution in [0.1, 0.15) is 35.3 Å². The van der Waals surface area contributed by atoms with Gasteiger partial charge in [-0.1, -0.05) is 29.8 Å². The van der Waals surface area contributed by atoms with Crippen molar-refractivity contribution in [3.63, 3.8) is 0 Å². The molecule has 2 N–H and O–H groups in total. The number of benzene rings is 3. The number of carbonyl (C=O) groups excluding carboxylic acids is 1. The van der Waals surface area contributed by atoms with Gasteiger partial charge in [0.05, 0.1) is 23.4 Å². The minimum atomic E-state index is -4.42. The smallest absolute Gasteiger partial charge is 0.416 e. The molecular weight excluding hydrogens is 481 g/mol. The highest BCUT2D eigenvalue weighted by Crippen LogP contribution is 2.33. The zero-order valence-electron chi connectivity index (χ0n) is 19.3. The number of rotatable bonds is 9. The molecule has 0 saturated carbocycles. The van der Waals surface area contributed by atoms with E-state index >= 15 is 0 Å². The number of phenolic OH excluding ortho intramolecular Hbond substituents is 1. The van der Waals surface area contributed by atoms with Crippen molar-refractivity contribution in [2.24, 2.45) is 0 Å². The van der Waals surface area contributed by atoms with Gasteiger partial charge in [-0.05, 0) is 55.8 Å². The number of hydrogen-bond donors (Lipinski definition) is 2. The predicted octanol–water partition coefficient (Wildman–Crippen LogP) is 6.78. The zero-order chi connectivity index (χ0) is 25.6. The van der Waals surface area contributed by atoms with Gasteiger partial charge in [0.1, 0.15) is 11.5 Å². The number of carbonyl (C=O) groups is 1. The molecule has 186 valence electrons. The lowest BCUT2D eigenvalue weighted by atomic mass is 10.1. The highest BCUT2D eigenvalue weighted by molar-refractivity contribution is 6.31. The lowest BCUT2D eigenvalue weighted by Crippen LogP contribution is -2.22. The normalized spacial score (nSPS) is 11.3. The number of aromatic hydroxyl groups is 1.